The van der Waals surface area contributed by atoms with Gasteiger partial charge in [-0.05, 0) is 32.9 Å². The van der Waals surface area contributed by atoms with E-state index in [1.165, 1.54) is 5.69 Å². The van der Waals surface area contributed by atoms with Gasteiger partial charge in [-0.3, -0.25) is 14.4 Å². The van der Waals surface area contributed by atoms with Gasteiger partial charge in [0.25, 0.3) is 0 Å². The molecule has 1 aromatic rings. The van der Waals surface area contributed by atoms with E-state index in [-0.39, 0.29) is 12.5 Å². The van der Waals surface area contributed by atoms with Gasteiger partial charge in [-0.1, -0.05) is 0 Å². The lowest BCUT2D eigenvalue weighted by Crippen LogP contribution is -2.41. The predicted molar refractivity (Wildman–Crippen MR) is 89.8 cm³/mol. The maximum atomic E-state index is 11.9. The second-order valence-electron chi connectivity index (χ2n) is 7.36. The van der Waals surface area contributed by atoms with Crippen LogP contribution in [0.4, 0.5) is 0 Å². The van der Waals surface area contributed by atoms with Gasteiger partial charge in [0.1, 0.15) is 0 Å². The second-order valence-corrected chi connectivity index (χ2v) is 7.36. The number of carboxylic acid groups (broad SMARTS) is 1. The molecule has 134 valence electrons. The van der Waals surface area contributed by atoms with Gasteiger partial charge in [0.2, 0.25) is 0 Å². The van der Waals surface area contributed by atoms with Crippen LogP contribution in [0.15, 0.2) is 6.07 Å². The number of carbonyl (C=O) groups is 1. The van der Waals surface area contributed by atoms with E-state index in [0.29, 0.717) is 19.6 Å². The van der Waals surface area contributed by atoms with Crippen LogP contribution in [0, 0.1) is 25.2 Å². The van der Waals surface area contributed by atoms with E-state index in [2.05, 4.69) is 27.9 Å². The molecule has 2 aliphatic rings. The topological polar surface area (TPSA) is 81.8 Å². The lowest BCUT2D eigenvalue weighted by molar-refractivity contribution is -0.148. The molecule has 2 aliphatic heterocycles. The van der Waals surface area contributed by atoms with Gasteiger partial charge < -0.3 is 15.1 Å². The number of carboxylic acids is 1. The fourth-order valence-corrected chi connectivity index (χ4v) is 4.40. The summed E-state index contributed by atoms with van der Waals surface area (Å²) in [4.78, 5) is 16.3. The maximum absolute atomic E-state index is 11.9. The van der Waals surface area contributed by atoms with Crippen LogP contribution in [0.2, 0.25) is 0 Å². The summed E-state index contributed by atoms with van der Waals surface area (Å²) in [6, 6.07) is 2.08. The maximum Gasteiger partial charge on any atom is 0.312 e. The minimum atomic E-state index is -0.686. The van der Waals surface area contributed by atoms with Gasteiger partial charge in [0.05, 0.1) is 17.7 Å². The molecule has 7 nitrogen and oxygen atoms in total. The molecule has 2 fully saturated rings. The number of likely N-dealkylation sites (tertiary alicyclic amines) is 2. The third-order valence-electron chi connectivity index (χ3n) is 5.54. The SMILES string of the molecule is Cc1cc(C)n(CCCN2C[C@@H]3CN(CCO)C[C@]3(C(=O)O)C2)n1. The minimum Gasteiger partial charge on any atom is -0.481 e. The lowest BCUT2D eigenvalue weighted by Gasteiger charge is -2.25. The molecule has 24 heavy (non-hydrogen) atoms. The van der Waals surface area contributed by atoms with Crippen LogP contribution in [0.3, 0.4) is 0 Å². The average molecular weight is 336 g/mol. The first-order valence-corrected chi connectivity index (χ1v) is 8.74. The highest BCUT2D eigenvalue weighted by Gasteiger charge is 2.57. The van der Waals surface area contributed by atoms with Crippen LogP contribution in [0.1, 0.15) is 17.8 Å². The molecule has 0 saturated carbocycles. The molecule has 0 amide bonds. The Labute approximate surface area is 142 Å². The summed E-state index contributed by atoms with van der Waals surface area (Å²) in [5.41, 5.74) is 1.55. The number of fused-ring (bicyclic) bond motifs is 1. The van der Waals surface area contributed by atoms with Crippen LogP contribution >= 0.6 is 0 Å². The highest BCUT2D eigenvalue weighted by molar-refractivity contribution is 5.77. The first-order chi connectivity index (χ1) is 11.4. The molecule has 0 aromatic carbocycles. The molecule has 2 atom stereocenters. The lowest BCUT2D eigenvalue weighted by atomic mass is 9.81. The molecule has 1 aromatic heterocycles. The van der Waals surface area contributed by atoms with E-state index in [1.807, 2.05) is 11.6 Å². The Balaban J connectivity index is 1.55. The van der Waals surface area contributed by atoms with E-state index in [0.717, 1.165) is 38.3 Å². The molecular weight excluding hydrogens is 308 g/mol. The van der Waals surface area contributed by atoms with Crippen molar-refractivity contribution in [3.05, 3.63) is 17.5 Å². The molecule has 0 aliphatic carbocycles. The number of β-amino-alcohol motifs (C(OH)–C–C–N with tert-alkyl or cyclic N) is 1. The molecule has 7 heteroatoms. The summed E-state index contributed by atoms with van der Waals surface area (Å²) in [5.74, 6) is -0.524. The van der Waals surface area contributed by atoms with E-state index in [9.17, 15) is 9.90 Å². The Morgan fingerprint density at radius 3 is 2.42 bits per heavy atom. The quantitative estimate of drug-likeness (QED) is 0.740. The monoisotopic (exact) mass is 336 g/mol. The molecular formula is C17H28N4O3. The number of aliphatic hydroxyl groups excluding tert-OH is 1. The third-order valence-corrected chi connectivity index (χ3v) is 5.54. The number of nitrogens with zero attached hydrogens (tertiary/aromatic N) is 4. The Kier molecular flexibility index (Phi) is 4.94. The summed E-state index contributed by atoms with van der Waals surface area (Å²) in [7, 11) is 0. The number of aliphatic carboxylic acids is 1. The van der Waals surface area contributed by atoms with Gasteiger partial charge in [-0.15, -0.1) is 0 Å². The predicted octanol–water partition coefficient (Wildman–Crippen LogP) is 0.201. The van der Waals surface area contributed by atoms with Crippen molar-refractivity contribution in [3.8, 4) is 0 Å². The third kappa shape index (κ3) is 3.20. The zero-order valence-corrected chi connectivity index (χ0v) is 14.6. The van der Waals surface area contributed by atoms with Crippen LogP contribution < -0.4 is 0 Å². The Hall–Kier alpha value is -1.44. The van der Waals surface area contributed by atoms with Gasteiger partial charge in [0.15, 0.2) is 0 Å². The Morgan fingerprint density at radius 1 is 1.25 bits per heavy atom. The van der Waals surface area contributed by atoms with E-state index >= 15 is 0 Å². The normalized spacial score (nSPS) is 27.7. The van der Waals surface area contributed by atoms with Gasteiger partial charge >= 0.3 is 5.97 Å². The fourth-order valence-electron chi connectivity index (χ4n) is 4.40. The summed E-state index contributed by atoms with van der Waals surface area (Å²) in [6.45, 7) is 9.30. The number of hydrogen-bond acceptors (Lipinski definition) is 5. The van der Waals surface area contributed by atoms with E-state index in [1.54, 1.807) is 0 Å². The van der Waals surface area contributed by atoms with Crippen molar-refractivity contribution in [2.75, 3.05) is 45.9 Å². The Morgan fingerprint density at radius 2 is 1.92 bits per heavy atom. The largest absolute Gasteiger partial charge is 0.481 e. The summed E-state index contributed by atoms with van der Waals surface area (Å²) in [5, 5.41) is 23.4. The molecule has 3 heterocycles. The molecule has 0 radical (unpaired) electrons. The number of aliphatic hydroxyl groups is 1. The van der Waals surface area contributed by atoms with Crippen LogP contribution in [-0.2, 0) is 11.3 Å². The van der Waals surface area contributed by atoms with Gasteiger partial charge in [-0.25, -0.2) is 0 Å². The van der Waals surface area contributed by atoms with Crippen LogP contribution in [-0.4, -0.2) is 81.6 Å². The van der Waals surface area contributed by atoms with Crippen molar-refractivity contribution >= 4 is 5.97 Å². The molecule has 2 saturated heterocycles. The van der Waals surface area contributed by atoms with Crippen LogP contribution in [0.25, 0.3) is 0 Å². The zero-order chi connectivity index (χ0) is 17.3. The second kappa shape index (κ2) is 6.82. The van der Waals surface area contributed by atoms with Gasteiger partial charge in [0, 0.05) is 50.9 Å². The number of rotatable bonds is 7. The molecule has 0 unspecified atom stereocenters. The van der Waals surface area contributed by atoms with Crippen molar-refractivity contribution in [2.45, 2.75) is 26.8 Å². The number of aromatic nitrogens is 2. The Bertz CT molecular complexity index is 603. The molecule has 0 bridgehead atoms. The standard InChI is InChI=1S/C17H28N4O3/c1-13-8-14(2)21(18-13)5-3-4-19-9-15-10-20(6-7-22)12-17(15,11-19)16(23)24/h8,15,22H,3-7,9-12H2,1-2H3,(H,23,24)/t15-,17-/m1/s1. The molecule has 0 spiro atoms. The van der Waals surface area contributed by atoms with E-state index < -0.39 is 11.4 Å². The van der Waals surface area contributed by atoms with Crippen molar-refractivity contribution < 1.29 is 15.0 Å². The summed E-state index contributed by atoms with van der Waals surface area (Å²) < 4.78 is 2.03. The van der Waals surface area contributed by atoms with Crippen molar-refractivity contribution in [1.29, 1.82) is 0 Å². The first kappa shape index (κ1) is 17.4. The molecule has 2 N–H and O–H groups in total. The first-order valence-electron chi connectivity index (χ1n) is 8.74. The van der Waals surface area contributed by atoms with E-state index in [4.69, 9.17) is 5.11 Å². The number of aryl methyl sites for hydroxylation is 3. The highest BCUT2D eigenvalue weighted by atomic mass is 16.4. The van der Waals surface area contributed by atoms with Crippen LogP contribution in [0.5, 0.6) is 0 Å². The summed E-state index contributed by atoms with van der Waals surface area (Å²) >= 11 is 0. The van der Waals surface area contributed by atoms with Crippen molar-refractivity contribution in [1.82, 2.24) is 19.6 Å². The minimum absolute atomic E-state index is 0.0920. The molecule has 3 rings (SSSR count). The highest BCUT2D eigenvalue weighted by Crippen LogP contribution is 2.42. The van der Waals surface area contributed by atoms with Gasteiger partial charge in [-0.2, -0.15) is 5.10 Å². The van der Waals surface area contributed by atoms with Crippen molar-refractivity contribution in [3.63, 3.8) is 0 Å². The smallest absolute Gasteiger partial charge is 0.312 e. The zero-order valence-electron chi connectivity index (χ0n) is 14.6. The fraction of sp³-hybridized carbons (Fsp3) is 0.765. The number of hydrogen-bond donors (Lipinski definition) is 2. The van der Waals surface area contributed by atoms with Crippen molar-refractivity contribution in [2.24, 2.45) is 11.3 Å². The average Bonchev–Trinajstić information content (AvgIpc) is 3.10. The summed E-state index contributed by atoms with van der Waals surface area (Å²) in [6.07, 6.45) is 0.977.